The van der Waals surface area contributed by atoms with Crippen molar-refractivity contribution in [3.63, 3.8) is 0 Å². The number of hydrogen-bond donors (Lipinski definition) is 3. The number of aromatic amines is 1. The second-order valence-corrected chi connectivity index (χ2v) is 9.73. The van der Waals surface area contributed by atoms with Gasteiger partial charge in [-0.1, -0.05) is 0 Å². The smallest absolute Gasteiger partial charge is 0.245 e. The van der Waals surface area contributed by atoms with Crippen LogP contribution in [0.3, 0.4) is 0 Å². The van der Waals surface area contributed by atoms with Crippen molar-refractivity contribution in [2.24, 2.45) is 0 Å². The average molecular weight is 530 g/mol. The van der Waals surface area contributed by atoms with Crippen molar-refractivity contribution in [3.05, 3.63) is 42.5 Å². The van der Waals surface area contributed by atoms with Crippen LogP contribution in [0.4, 0.5) is 29.2 Å². The lowest BCUT2D eigenvalue weighted by molar-refractivity contribution is -0.114. The summed E-state index contributed by atoms with van der Waals surface area (Å²) in [7, 11) is 3.75. The Bertz CT molecular complexity index is 1400. The zero-order valence-corrected chi connectivity index (χ0v) is 22.8. The highest BCUT2D eigenvalue weighted by atomic mass is 16.1. The molecule has 2 aliphatic rings. The maximum atomic E-state index is 10.6. The summed E-state index contributed by atoms with van der Waals surface area (Å²) in [4.78, 5) is 27.6. The molecule has 0 spiro atoms. The Morgan fingerprint density at radius 1 is 1.15 bits per heavy atom. The number of nitrogens with one attached hydrogen (secondary N) is 3. The van der Waals surface area contributed by atoms with Crippen LogP contribution < -0.4 is 20.4 Å². The molecule has 5 heterocycles. The number of carbonyl (C=O) groups is 1. The van der Waals surface area contributed by atoms with Crippen molar-refractivity contribution >= 4 is 40.6 Å². The first-order chi connectivity index (χ1) is 18.9. The SMILES string of the molecule is C#C.CC(=O)Nc1cnc(N(C)C)cn1.C[C@H]1CCCN1c1nc(Nc2cc(C3CC3)[nH]n2)c2cccn2n1. The number of aromatic nitrogens is 7. The molecule has 1 saturated carbocycles. The van der Waals surface area contributed by atoms with E-state index in [1.807, 2.05) is 41.8 Å². The Labute approximate surface area is 228 Å². The van der Waals surface area contributed by atoms with Crippen molar-refractivity contribution in [1.82, 2.24) is 34.8 Å². The van der Waals surface area contributed by atoms with Gasteiger partial charge in [-0.25, -0.2) is 14.5 Å². The molecule has 204 valence electrons. The van der Waals surface area contributed by atoms with Crippen LogP contribution in [0.5, 0.6) is 0 Å². The van der Waals surface area contributed by atoms with Crippen LogP contribution in [0.15, 0.2) is 36.8 Å². The van der Waals surface area contributed by atoms with Crippen LogP contribution in [-0.4, -0.2) is 67.4 Å². The van der Waals surface area contributed by atoms with Gasteiger partial charge in [0.2, 0.25) is 11.9 Å². The molecule has 1 aliphatic carbocycles. The fourth-order valence-corrected chi connectivity index (χ4v) is 4.29. The van der Waals surface area contributed by atoms with Crippen molar-refractivity contribution in [1.29, 1.82) is 0 Å². The maximum Gasteiger partial charge on any atom is 0.245 e. The summed E-state index contributed by atoms with van der Waals surface area (Å²) in [6.07, 6.45) is 18.0. The van der Waals surface area contributed by atoms with Crippen LogP contribution in [0.2, 0.25) is 0 Å². The van der Waals surface area contributed by atoms with E-state index in [0.29, 0.717) is 17.8 Å². The third-order valence-electron chi connectivity index (χ3n) is 6.45. The standard InChI is InChI=1S/C17H21N7.C8H12N4O.C2H2/c1-11-4-2-8-23(11)17-19-16(14-5-3-9-24(14)22-17)18-15-10-13(20-21-15)12-6-7-12;1-6(13)11-7-4-10-8(5-9-7)12(2)3;1-2/h3,5,9-12H,2,4,6-8H2,1H3,(H2,18,19,20,21,22);4-5H,1-3H3,(H,9,11,13);1-2H/t11-;;/m0../s1. The largest absolute Gasteiger partial charge is 0.361 e. The quantitative estimate of drug-likeness (QED) is 0.319. The molecule has 4 aromatic heterocycles. The normalized spacial score (nSPS) is 16.1. The van der Waals surface area contributed by atoms with E-state index in [4.69, 9.17) is 4.98 Å². The molecule has 0 bridgehead atoms. The first-order valence-corrected chi connectivity index (χ1v) is 12.9. The Hall–Kier alpha value is -4.66. The molecule has 0 radical (unpaired) electrons. The monoisotopic (exact) mass is 529 g/mol. The molecule has 1 saturated heterocycles. The van der Waals surface area contributed by atoms with Gasteiger partial charge in [-0.15, -0.1) is 17.9 Å². The Kier molecular flexibility index (Phi) is 8.60. The Morgan fingerprint density at radius 2 is 1.95 bits per heavy atom. The number of terminal acetylenes is 1. The van der Waals surface area contributed by atoms with E-state index < -0.39 is 0 Å². The van der Waals surface area contributed by atoms with Gasteiger partial charge in [0.15, 0.2) is 17.5 Å². The van der Waals surface area contributed by atoms with Crippen LogP contribution in [0.1, 0.15) is 51.1 Å². The van der Waals surface area contributed by atoms with Gasteiger partial charge in [0.25, 0.3) is 0 Å². The van der Waals surface area contributed by atoms with Crippen molar-refractivity contribution in [2.45, 2.75) is 51.5 Å². The number of fused-ring (bicyclic) bond motifs is 1. The summed E-state index contributed by atoms with van der Waals surface area (Å²) >= 11 is 0. The lowest BCUT2D eigenvalue weighted by Crippen LogP contribution is -2.29. The van der Waals surface area contributed by atoms with E-state index in [1.165, 1.54) is 44.5 Å². The van der Waals surface area contributed by atoms with E-state index in [2.05, 4.69) is 66.6 Å². The van der Waals surface area contributed by atoms with Crippen LogP contribution in [0.25, 0.3) is 5.52 Å². The van der Waals surface area contributed by atoms with Gasteiger partial charge in [0, 0.05) is 57.5 Å². The highest BCUT2D eigenvalue weighted by Crippen LogP contribution is 2.39. The molecule has 1 atom stereocenters. The number of nitrogens with zero attached hydrogens (tertiary/aromatic N) is 8. The van der Waals surface area contributed by atoms with Crippen molar-refractivity contribution in [3.8, 4) is 12.8 Å². The molecule has 2 fully saturated rings. The molecule has 1 amide bonds. The summed E-state index contributed by atoms with van der Waals surface area (Å²) in [6, 6.07) is 6.59. The Balaban J connectivity index is 0.000000201. The van der Waals surface area contributed by atoms with E-state index >= 15 is 0 Å². The fourth-order valence-electron chi connectivity index (χ4n) is 4.29. The fraction of sp³-hybridized carbons (Fsp3) is 0.407. The minimum absolute atomic E-state index is 0.146. The van der Waals surface area contributed by atoms with Gasteiger partial charge in [0.05, 0.1) is 12.4 Å². The van der Waals surface area contributed by atoms with Gasteiger partial charge in [-0.3, -0.25) is 9.89 Å². The molecular weight excluding hydrogens is 494 g/mol. The molecular formula is C27H35N11O. The minimum Gasteiger partial charge on any atom is -0.361 e. The highest BCUT2D eigenvalue weighted by molar-refractivity contribution is 5.87. The predicted molar refractivity (Wildman–Crippen MR) is 153 cm³/mol. The number of hydrogen-bond acceptors (Lipinski definition) is 9. The maximum absolute atomic E-state index is 10.6. The van der Waals surface area contributed by atoms with Crippen LogP contribution in [-0.2, 0) is 4.79 Å². The molecule has 12 heteroatoms. The lowest BCUT2D eigenvalue weighted by atomic mass is 10.2. The number of rotatable bonds is 6. The van der Waals surface area contributed by atoms with E-state index in [0.717, 1.165) is 35.5 Å². The summed E-state index contributed by atoms with van der Waals surface area (Å²) in [5.74, 6) is 4.15. The first kappa shape index (κ1) is 27.4. The summed E-state index contributed by atoms with van der Waals surface area (Å²) in [6.45, 7) is 4.68. The zero-order valence-electron chi connectivity index (χ0n) is 22.8. The number of amides is 1. The molecule has 1 aliphatic heterocycles. The molecule has 3 N–H and O–H groups in total. The summed E-state index contributed by atoms with van der Waals surface area (Å²) < 4.78 is 1.89. The average Bonchev–Trinajstić information content (AvgIpc) is 3.26. The third kappa shape index (κ3) is 6.81. The number of anilines is 5. The number of carbonyl (C=O) groups excluding carboxylic acids is 1. The second kappa shape index (κ2) is 12.3. The zero-order chi connectivity index (χ0) is 27.9. The van der Waals surface area contributed by atoms with Crippen molar-refractivity contribution < 1.29 is 4.79 Å². The molecule has 4 aromatic rings. The van der Waals surface area contributed by atoms with Crippen LogP contribution >= 0.6 is 0 Å². The van der Waals surface area contributed by atoms with E-state index in [1.54, 1.807) is 6.20 Å². The van der Waals surface area contributed by atoms with Gasteiger partial charge in [-0.2, -0.15) is 10.1 Å². The topological polar surface area (TPSA) is 132 Å². The van der Waals surface area contributed by atoms with Gasteiger partial charge in [-0.05, 0) is 44.7 Å². The first-order valence-electron chi connectivity index (χ1n) is 12.9. The molecule has 0 unspecified atom stereocenters. The third-order valence-corrected chi connectivity index (χ3v) is 6.45. The molecule has 6 rings (SSSR count). The number of H-pyrrole nitrogens is 1. The van der Waals surface area contributed by atoms with Gasteiger partial charge in [0.1, 0.15) is 11.3 Å². The molecule has 39 heavy (non-hydrogen) atoms. The second-order valence-electron chi connectivity index (χ2n) is 9.73. The Morgan fingerprint density at radius 3 is 2.56 bits per heavy atom. The van der Waals surface area contributed by atoms with E-state index in [9.17, 15) is 4.79 Å². The van der Waals surface area contributed by atoms with Crippen LogP contribution in [0, 0.1) is 12.8 Å². The van der Waals surface area contributed by atoms with Crippen molar-refractivity contribution in [2.75, 3.05) is 41.1 Å². The summed E-state index contributed by atoms with van der Waals surface area (Å²) in [5, 5.41) is 18.1. The minimum atomic E-state index is -0.146. The highest BCUT2D eigenvalue weighted by Gasteiger charge is 2.26. The lowest BCUT2D eigenvalue weighted by Gasteiger charge is -2.21. The van der Waals surface area contributed by atoms with Gasteiger partial charge < -0.3 is 20.4 Å². The molecule has 0 aromatic carbocycles. The van der Waals surface area contributed by atoms with E-state index in [-0.39, 0.29) is 5.91 Å². The molecule has 12 nitrogen and oxygen atoms in total. The predicted octanol–water partition coefficient (Wildman–Crippen LogP) is 3.81. The summed E-state index contributed by atoms with van der Waals surface area (Å²) in [5.41, 5.74) is 2.17. The van der Waals surface area contributed by atoms with Gasteiger partial charge >= 0.3 is 0 Å².